The summed E-state index contributed by atoms with van der Waals surface area (Å²) < 4.78 is 5.09. The summed E-state index contributed by atoms with van der Waals surface area (Å²) >= 11 is 0. The summed E-state index contributed by atoms with van der Waals surface area (Å²) in [4.78, 5) is 27.1. The van der Waals surface area contributed by atoms with Crippen LogP contribution in [0.15, 0.2) is 18.2 Å². The van der Waals surface area contributed by atoms with Crippen LogP contribution in [0.5, 0.6) is 5.75 Å². The molecule has 2 aliphatic heterocycles. The molecule has 2 atom stereocenters. The molecule has 0 bridgehead atoms. The van der Waals surface area contributed by atoms with Crippen LogP contribution in [0.3, 0.4) is 0 Å². The zero-order valence-corrected chi connectivity index (χ0v) is 11.3. The number of amides is 3. The highest BCUT2D eigenvalue weighted by atomic mass is 16.5. The first-order valence-electron chi connectivity index (χ1n) is 6.49. The Morgan fingerprint density at radius 1 is 1.43 bits per heavy atom. The van der Waals surface area contributed by atoms with E-state index in [9.17, 15) is 14.7 Å². The number of hydrogen-bond donors (Lipinski definition) is 1. The number of ether oxygens (including phenoxy) is 1. The fourth-order valence-corrected chi connectivity index (χ4v) is 2.79. The fraction of sp³-hybridized carbons (Fsp3) is 0.357. The standard InChI is InChI=1S/C14H13N3O4/c1-21-11-6-9(3-2-8(11)7-15)17-13(19)12-10(18)4-5-16(12)14(17)20/h2-3,6,10,12,18H,4-5H2,1H3/t10-,12+/m1/s1. The molecular formula is C14H13N3O4. The van der Waals surface area contributed by atoms with Gasteiger partial charge in [-0.15, -0.1) is 0 Å². The molecule has 1 aromatic rings. The molecule has 2 fully saturated rings. The average molecular weight is 287 g/mol. The van der Waals surface area contributed by atoms with Crippen LogP contribution < -0.4 is 9.64 Å². The molecule has 21 heavy (non-hydrogen) atoms. The van der Waals surface area contributed by atoms with Gasteiger partial charge in [-0.05, 0) is 18.6 Å². The van der Waals surface area contributed by atoms with Crippen molar-refractivity contribution in [2.45, 2.75) is 18.6 Å². The number of benzene rings is 1. The zero-order chi connectivity index (χ0) is 15.1. The van der Waals surface area contributed by atoms with E-state index in [-0.39, 0.29) is 0 Å². The Labute approximate surface area is 120 Å². The number of rotatable bonds is 2. The highest BCUT2D eigenvalue weighted by molar-refractivity contribution is 6.21. The van der Waals surface area contributed by atoms with Crippen molar-refractivity contribution in [2.75, 3.05) is 18.6 Å². The minimum absolute atomic E-state index is 0.295. The number of methoxy groups -OCH3 is 1. The molecule has 1 N–H and O–H groups in total. The molecule has 108 valence electrons. The minimum Gasteiger partial charge on any atom is -0.495 e. The van der Waals surface area contributed by atoms with Gasteiger partial charge in [-0.25, -0.2) is 9.69 Å². The van der Waals surface area contributed by atoms with Gasteiger partial charge in [0, 0.05) is 12.6 Å². The third kappa shape index (κ3) is 1.84. The van der Waals surface area contributed by atoms with Gasteiger partial charge in [0.05, 0.1) is 24.5 Å². The summed E-state index contributed by atoms with van der Waals surface area (Å²) in [6, 6.07) is 5.20. The van der Waals surface area contributed by atoms with Gasteiger partial charge < -0.3 is 14.7 Å². The SMILES string of the molecule is COc1cc(N2C(=O)[C@@H]3[C@H](O)CCN3C2=O)ccc1C#N. The maximum Gasteiger partial charge on any atom is 0.332 e. The third-order valence-corrected chi connectivity index (χ3v) is 3.84. The van der Waals surface area contributed by atoms with E-state index in [2.05, 4.69) is 0 Å². The van der Waals surface area contributed by atoms with Gasteiger partial charge in [-0.3, -0.25) is 4.79 Å². The van der Waals surface area contributed by atoms with Gasteiger partial charge in [0.15, 0.2) is 0 Å². The van der Waals surface area contributed by atoms with E-state index in [0.29, 0.717) is 30.0 Å². The second-order valence-electron chi connectivity index (χ2n) is 4.95. The third-order valence-electron chi connectivity index (χ3n) is 3.84. The number of nitriles is 1. The zero-order valence-electron chi connectivity index (χ0n) is 11.3. The van der Waals surface area contributed by atoms with E-state index >= 15 is 0 Å². The molecule has 2 heterocycles. The molecule has 0 aromatic heterocycles. The summed E-state index contributed by atoms with van der Waals surface area (Å²) in [7, 11) is 1.41. The Balaban J connectivity index is 2.00. The van der Waals surface area contributed by atoms with Crippen molar-refractivity contribution >= 4 is 17.6 Å². The van der Waals surface area contributed by atoms with Crippen molar-refractivity contribution in [3.8, 4) is 11.8 Å². The molecule has 2 saturated heterocycles. The molecule has 7 heteroatoms. The second-order valence-corrected chi connectivity index (χ2v) is 4.95. The van der Waals surface area contributed by atoms with Crippen LogP contribution in [-0.2, 0) is 4.79 Å². The van der Waals surface area contributed by atoms with Crippen LogP contribution in [0.2, 0.25) is 0 Å². The number of carbonyl (C=O) groups excluding carboxylic acids is 2. The van der Waals surface area contributed by atoms with Crippen molar-refractivity contribution in [3.63, 3.8) is 0 Å². The molecule has 0 aliphatic carbocycles. The Hall–Kier alpha value is -2.59. The van der Waals surface area contributed by atoms with E-state index in [4.69, 9.17) is 10.00 Å². The average Bonchev–Trinajstić information content (AvgIpc) is 2.99. The summed E-state index contributed by atoms with van der Waals surface area (Å²) in [6.45, 7) is 0.361. The van der Waals surface area contributed by atoms with Gasteiger partial charge >= 0.3 is 6.03 Å². The van der Waals surface area contributed by atoms with Gasteiger partial charge in [0.25, 0.3) is 5.91 Å². The molecule has 0 radical (unpaired) electrons. The molecule has 0 saturated carbocycles. The Morgan fingerprint density at radius 2 is 2.19 bits per heavy atom. The molecule has 0 spiro atoms. The number of urea groups is 1. The predicted molar refractivity (Wildman–Crippen MR) is 71.7 cm³/mol. The van der Waals surface area contributed by atoms with Crippen molar-refractivity contribution < 1.29 is 19.4 Å². The van der Waals surface area contributed by atoms with Gasteiger partial charge in [0.1, 0.15) is 17.9 Å². The van der Waals surface area contributed by atoms with Crippen molar-refractivity contribution in [1.82, 2.24) is 4.90 Å². The molecule has 2 aliphatic rings. The lowest BCUT2D eigenvalue weighted by molar-refractivity contribution is -0.121. The van der Waals surface area contributed by atoms with Crippen LogP contribution in [0, 0.1) is 11.3 Å². The Morgan fingerprint density at radius 3 is 2.81 bits per heavy atom. The van der Waals surface area contributed by atoms with E-state index < -0.39 is 24.1 Å². The number of anilines is 1. The molecule has 7 nitrogen and oxygen atoms in total. The van der Waals surface area contributed by atoms with Gasteiger partial charge in [-0.1, -0.05) is 0 Å². The Bertz CT molecular complexity index is 667. The fourth-order valence-electron chi connectivity index (χ4n) is 2.79. The highest BCUT2D eigenvalue weighted by Gasteiger charge is 2.52. The molecule has 3 amide bonds. The molecular weight excluding hydrogens is 274 g/mol. The number of fused-ring (bicyclic) bond motifs is 1. The van der Waals surface area contributed by atoms with Crippen LogP contribution in [0.4, 0.5) is 10.5 Å². The number of hydrogen-bond acceptors (Lipinski definition) is 5. The molecule has 1 aromatic carbocycles. The maximum atomic E-state index is 12.4. The largest absolute Gasteiger partial charge is 0.495 e. The van der Waals surface area contributed by atoms with Crippen molar-refractivity contribution in [1.29, 1.82) is 5.26 Å². The summed E-state index contributed by atoms with van der Waals surface area (Å²) in [5.41, 5.74) is 0.656. The second kappa shape index (κ2) is 4.75. The first-order valence-corrected chi connectivity index (χ1v) is 6.49. The van der Waals surface area contributed by atoms with E-state index in [0.717, 1.165) is 4.90 Å². The lowest BCUT2D eigenvalue weighted by Crippen LogP contribution is -2.36. The minimum atomic E-state index is -0.827. The quantitative estimate of drug-likeness (QED) is 0.798. The number of aliphatic hydroxyl groups excluding tert-OH is 1. The first kappa shape index (κ1) is 13.4. The van der Waals surface area contributed by atoms with Crippen LogP contribution in [-0.4, -0.2) is 47.7 Å². The summed E-state index contributed by atoms with van der Waals surface area (Å²) in [5, 5.41) is 18.8. The normalized spacial score (nSPS) is 24.2. The maximum absolute atomic E-state index is 12.4. The highest BCUT2D eigenvalue weighted by Crippen LogP contribution is 2.33. The Kier molecular flexibility index (Phi) is 3.03. The number of aliphatic hydroxyl groups is 1. The van der Waals surface area contributed by atoms with Gasteiger partial charge in [0.2, 0.25) is 0 Å². The number of imide groups is 1. The number of nitrogens with zero attached hydrogens (tertiary/aromatic N) is 3. The first-order chi connectivity index (χ1) is 10.1. The molecule has 0 unspecified atom stereocenters. The van der Waals surface area contributed by atoms with E-state index in [1.54, 1.807) is 0 Å². The van der Waals surface area contributed by atoms with Crippen LogP contribution >= 0.6 is 0 Å². The number of carbonyl (C=O) groups is 2. The van der Waals surface area contributed by atoms with Gasteiger partial charge in [-0.2, -0.15) is 5.26 Å². The van der Waals surface area contributed by atoms with Crippen molar-refractivity contribution in [3.05, 3.63) is 23.8 Å². The lowest BCUT2D eigenvalue weighted by atomic mass is 10.1. The lowest BCUT2D eigenvalue weighted by Gasteiger charge is -2.16. The summed E-state index contributed by atoms with van der Waals surface area (Å²) in [5.74, 6) is -0.153. The summed E-state index contributed by atoms with van der Waals surface area (Å²) in [6.07, 6.45) is -0.418. The monoisotopic (exact) mass is 287 g/mol. The van der Waals surface area contributed by atoms with Crippen molar-refractivity contribution in [2.24, 2.45) is 0 Å². The molecule has 3 rings (SSSR count). The topological polar surface area (TPSA) is 93.9 Å². The van der Waals surface area contributed by atoms with Crippen LogP contribution in [0.25, 0.3) is 0 Å². The van der Waals surface area contributed by atoms with E-state index in [1.165, 1.54) is 30.2 Å². The predicted octanol–water partition coefficient (Wildman–Crippen LogP) is 0.469. The van der Waals surface area contributed by atoms with E-state index in [1.807, 2.05) is 6.07 Å². The smallest absolute Gasteiger partial charge is 0.332 e. The van der Waals surface area contributed by atoms with Crippen LogP contribution in [0.1, 0.15) is 12.0 Å².